The minimum atomic E-state index is -3.40. The van der Waals surface area contributed by atoms with Gasteiger partial charge in [0, 0.05) is 44.5 Å². The van der Waals surface area contributed by atoms with E-state index in [0.717, 1.165) is 41.1 Å². The van der Waals surface area contributed by atoms with Gasteiger partial charge in [-0.05, 0) is 55.2 Å². The molecule has 0 N–H and O–H groups in total. The van der Waals surface area contributed by atoms with Gasteiger partial charge in [-0.1, -0.05) is 12.1 Å². The third kappa shape index (κ3) is 4.31. The van der Waals surface area contributed by atoms with Crippen LogP contribution in [-0.4, -0.2) is 56.3 Å². The molecular weight excluding hydrogens is 362 g/mol. The summed E-state index contributed by atoms with van der Waals surface area (Å²) in [7, 11) is 1.41. The SMILES string of the molecule is COc1ccc(-c2cc(C)nc([C@@H]3CCCN(S(=O)(=O)N(C)C)C3)c2)cc1. The smallest absolute Gasteiger partial charge is 0.281 e. The Morgan fingerprint density at radius 3 is 2.48 bits per heavy atom. The Hall–Kier alpha value is -1.96. The topological polar surface area (TPSA) is 62.7 Å². The summed E-state index contributed by atoms with van der Waals surface area (Å²) >= 11 is 0. The van der Waals surface area contributed by atoms with Crippen LogP contribution in [0.25, 0.3) is 11.1 Å². The molecule has 0 unspecified atom stereocenters. The van der Waals surface area contributed by atoms with Gasteiger partial charge in [0.25, 0.3) is 10.2 Å². The second-order valence-corrected chi connectivity index (χ2v) is 9.28. The summed E-state index contributed by atoms with van der Waals surface area (Å²) < 4.78 is 33.1. The number of methoxy groups -OCH3 is 1. The average molecular weight is 390 g/mol. The van der Waals surface area contributed by atoms with E-state index in [1.807, 2.05) is 31.2 Å². The van der Waals surface area contributed by atoms with Crippen molar-refractivity contribution in [3.8, 4) is 16.9 Å². The number of benzene rings is 1. The second-order valence-electron chi connectivity index (χ2n) is 7.14. The van der Waals surface area contributed by atoms with Crippen LogP contribution in [-0.2, 0) is 10.2 Å². The monoisotopic (exact) mass is 389 g/mol. The molecule has 0 radical (unpaired) electrons. The molecule has 27 heavy (non-hydrogen) atoms. The summed E-state index contributed by atoms with van der Waals surface area (Å²) in [5.41, 5.74) is 4.08. The van der Waals surface area contributed by atoms with Gasteiger partial charge in [-0.15, -0.1) is 0 Å². The fraction of sp³-hybridized carbons (Fsp3) is 0.450. The number of pyridine rings is 1. The minimum absolute atomic E-state index is 0.102. The molecule has 0 bridgehead atoms. The second kappa shape index (κ2) is 7.96. The van der Waals surface area contributed by atoms with E-state index in [-0.39, 0.29) is 5.92 Å². The van der Waals surface area contributed by atoms with Gasteiger partial charge in [-0.25, -0.2) is 0 Å². The van der Waals surface area contributed by atoms with Crippen molar-refractivity contribution in [1.29, 1.82) is 0 Å². The van der Waals surface area contributed by atoms with Gasteiger partial charge in [-0.2, -0.15) is 17.0 Å². The highest BCUT2D eigenvalue weighted by molar-refractivity contribution is 7.86. The van der Waals surface area contributed by atoms with Gasteiger partial charge in [0.2, 0.25) is 0 Å². The van der Waals surface area contributed by atoms with E-state index in [4.69, 9.17) is 9.72 Å². The molecule has 0 aliphatic carbocycles. The van der Waals surface area contributed by atoms with Crippen LogP contribution in [0, 0.1) is 6.92 Å². The van der Waals surface area contributed by atoms with Crippen molar-refractivity contribution < 1.29 is 13.2 Å². The lowest BCUT2D eigenvalue weighted by atomic mass is 9.93. The number of hydrogen-bond acceptors (Lipinski definition) is 4. The zero-order chi connectivity index (χ0) is 19.6. The van der Waals surface area contributed by atoms with Crippen LogP contribution in [0.15, 0.2) is 36.4 Å². The Morgan fingerprint density at radius 1 is 1.15 bits per heavy atom. The van der Waals surface area contributed by atoms with Crippen LogP contribution in [0.4, 0.5) is 0 Å². The van der Waals surface area contributed by atoms with Crippen LogP contribution < -0.4 is 4.74 Å². The Bertz CT molecular complexity index is 895. The summed E-state index contributed by atoms with van der Waals surface area (Å²) in [6.07, 6.45) is 1.78. The maximum Gasteiger partial charge on any atom is 0.281 e. The van der Waals surface area contributed by atoms with Gasteiger partial charge in [-0.3, -0.25) is 4.98 Å². The van der Waals surface area contributed by atoms with Crippen LogP contribution in [0.3, 0.4) is 0 Å². The third-order valence-corrected chi connectivity index (χ3v) is 6.89. The lowest BCUT2D eigenvalue weighted by molar-refractivity contribution is 0.296. The molecule has 1 atom stereocenters. The van der Waals surface area contributed by atoms with E-state index in [9.17, 15) is 8.42 Å². The number of nitrogens with zero attached hydrogens (tertiary/aromatic N) is 3. The third-order valence-electron chi connectivity index (χ3n) is 4.99. The van der Waals surface area contributed by atoms with Gasteiger partial charge in [0.1, 0.15) is 5.75 Å². The van der Waals surface area contributed by atoms with E-state index in [1.165, 1.54) is 4.31 Å². The summed E-state index contributed by atoms with van der Waals surface area (Å²) in [5.74, 6) is 0.923. The molecule has 1 aliphatic rings. The van der Waals surface area contributed by atoms with Gasteiger partial charge in [0.05, 0.1) is 7.11 Å². The van der Waals surface area contributed by atoms with Crippen molar-refractivity contribution >= 4 is 10.2 Å². The quantitative estimate of drug-likeness (QED) is 0.788. The average Bonchev–Trinajstić information content (AvgIpc) is 2.67. The molecule has 0 saturated carbocycles. The Morgan fingerprint density at radius 2 is 1.85 bits per heavy atom. The summed E-state index contributed by atoms with van der Waals surface area (Å²) in [6.45, 7) is 3.01. The Labute approximate surface area is 162 Å². The highest BCUT2D eigenvalue weighted by Crippen LogP contribution is 2.31. The Balaban J connectivity index is 1.89. The summed E-state index contributed by atoms with van der Waals surface area (Å²) in [5, 5.41) is 0. The van der Waals surface area contributed by atoms with Crippen LogP contribution in [0.1, 0.15) is 30.1 Å². The van der Waals surface area contributed by atoms with Gasteiger partial charge in [0.15, 0.2) is 0 Å². The number of hydrogen-bond donors (Lipinski definition) is 0. The molecular formula is C20H27N3O3S. The number of ether oxygens (including phenoxy) is 1. The molecule has 3 rings (SSSR count). The van der Waals surface area contributed by atoms with Crippen molar-refractivity contribution in [1.82, 2.24) is 13.6 Å². The first-order valence-corrected chi connectivity index (χ1v) is 10.5. The molecule has 2 aromatic rings. The normalized spacial score (nSPS) is 18.6. The highest BCUT2D eigenvalue weighted by atomic mass is 32.2. The van der Waals surface area contributed by atoms with Crippen molar-refractivity contribution in [3.63, 3.8) is 0 Å². The van der Waals surface area contributed by atoms with Crippen LogP contribution >= 0.6 is 0 Å². The molecule has 0 amide bonds. The highest BCUT2D eigenvalue weighted by Gasteiger charge is 2.31. The molecule has 1 fully saturated rings. The van der Waals surface area contributed by atoms with Gasteiger partial charge >= 0.3 is 0 Å². The fourth-order valence-electron chi connectivity index (χ4n) is 3.48. The van der Waals surface area contributed by atoms with E-state index in [2.05, 4.69) is 12.1 Å². The predicted octanol–water partition coefficient (Wildman–Crippen LogP) is 3.05. The minimum Gasteiger partial charge on any atom is -0.497 e. The molecule has 146 valence electrons. The fourth-order valence-corrected chi connectivity index (χ4v) is 4.67. The Kier molecular flexibility index (Phi) is 5.83. The largest absolute Gasteiger partial charge is 0.497 e. The lowest BCUT2D eigenvalue weighted by Gasteiger charge is -2.33. The molecule has 7 heteroatoms. The first kappa shape index (κ1) is 19.8. The van der Waals surface area contributed by atoms with E-state index >= 15 is 0 Å². The lowest BCUT2D eigenvalue weighted by Crippen LogP contribution is -2.45. The molecule has 1 aromatic carbocycles. The van der Waals surface area contributed by atoms with Crippen LogP contribution in [0.5, 0.6) is 5.75 Å². The van der Waals surface area contributed by atoms with Crippen molar-refractivity contribution in [2.45, 2.75) is 25.7 Å². The molecule has 1 saturated heterocycles. The predicted molar refractivity (Wildman–Crippen MR) is 107 cm³/mol. The number of rotatable bonds is 5. The molecule has 2 heterocycles. The standard InChI is InChI=1S/C20H27N3O3S/c1-15-12-18(16-7-9-19(26-4)10-8-16)13-20(21-15)17-6-5-11-23(14-17)27(24,25)22(2)3/h7-10,12-13,17H,5-6,11,14H2,1-4H3/t17-/m1/s1. The molecule has 0 spiro atoms. The first-order valence-electron chi connectivity index (χ1n) is 9.12. The van der Waals surface area contributed by atoms with Crippen molar-refractivity contribution in [2.24, 2.45) is 0 Å². The molecule has 1 aliphatic heterocycles. The summed E-state index contributed by atoms with van der Waals surface area (Å²) in [4.78, 5) is 4.72. The van der Waals surface area contributed by atoms with Gasteiger partial charge < -0.3 is 4.74 Å². The zero-order valence-electron chi connectivity index (χ0n) is 16.3. The number of aryl methyl sites for hydroxylation is 1. The summed E-state index contributed by atoms with van der Waals surface area (Å²) in [6, 6.07) is 12.1. The maximum absolute atomic E-state index is 12.5. The van der Waals surface area contributed by atoms with Crippen LogP contribution in [0.2, 0.25) is 0 Å². The molecule has 6 nitrogen and oxygen atoms in total. The number of piperidine rings is 1. The van der Waals surface area contributed by atoms with E-state index in [1.54, 1.807) is 25.5 Å². The maximum atomic E-state index is 12.5. The molecule has 1 aromatic heterocycles. The zero-order valence-corrected chi connectivity index (χ0v) is 17.2. The van der Waals surface area contributed by atoms with E-state index in [0.29, 0.717) is 13.1 Å². The van der Waals surface area contributed by atoms with E-state index < -0.39 is 10.2 Å². The van der Waals surface area contributed by atoms with Crippen molar-refractivity contribution in [3.05, 3.63) is 47.8 Å². The van der Waals surface area contributed by atoms with Crippen molar-refractivity contribution in [2.75, 3.05) is 34.3 Å². The first-order chi connectivity index (χ1) is 12.8. The number of aromatic nitrogens is 1.